The summed E-state index contributed by atoms with van der Waals surface area (Å²) >= 11 is 1.06. The molecule has 1 aliphatic rings. The van der Waals surface area contributed by atoms with Gasteiger partial charge >= 0.3 is 5.97 Å². The Hall–Kier alpha value is -2.65. The van der Waals surface area contributed by atoms with E-state index in [9.17, 15) is 14.4 Å². The first-order chi connectivity index (χ1) is 12.5. The number of morpholine rings is 1. The molecule has 138 valence electrons. The summed E-state index contributed by atoms with van der Waals surface area (Å²) in [5, 5.41) is 3.11. The number of thiophene rings is 1. The molecule has 0 saturated carbocycles. The van der Waals surface area contributed by atoms with Crippen molar-refractivity contribution in [3.63, 3.8) is 0 Å². The summed E-state index contributed by atoms with van der Waals surface area (Å²) in [6.45, 7) is 3.49. The summed E-state index contributed by atoms with van der Waals surface area (Å²) in [7, 11) is 0. The smallest absolute Gasteiger partial charge is 0.349 e. The molecule has 1 unspecified atom stereocenters. The predicted molar refractivity (Wildman–Crippen MR) is 93.3 cm³/mol. The van der Waals surface area contributed by atoms with Crippen LogP contribution in [0, 0.1) is 0 Å². The Morgan fingerprint density at radius 1 is 1.23 bits per heavy atom. The highest BCUT2D eigenvalue weighted by molar-refractivity contribution is 7.18. The lowest BCUT2D eigenvalue weighted by Gasteiger charge is -2.28. The highest BCUT2D eigenvalue weighted by Crippen LogP contribution is 2.24. The van der Waals surface area contributed by atoms with Crippen LogP contribution < -0.4 is 5.32 Å². The fraction of sp³-hybridized carbons (Fsp3) is 0.353. The van der Waals surface area contributed by atoms with Crippen molar-refractivity contribution in [3.8, 4) is 0 Å². The number of nitrogens with one attached hydrogen (secondary N) is 1. The van der Waals surface area contributed by atoms with E-state index in [-0.39, 0.29) is 11.7 Å². The van der Waals surface area contributed by atoms with Gasteiger partial charge in [-0.15, -0.1) is 11.3 Å². The molecule has 0 aliphatic carbocycles. The molecule has 0 radical (unpaired) electrons. The van der Waals surface area contributed by atoms with E-state index in [1.165, 1.54) is 18.4 Å². The van der Waals surface area contributed by atoms with Crippen molar-refractivity contribution >= 4 is 34.1 Å². The summed E-state index contributed by atoms with van der Waals surface area (Å²) in [5.74, 6) is -1.09. The van der Waals surface area contributed by atoms with Crippen molar-refractivity contribution in [2.75, 3.05) is 31.6 Å². The van der Waals surface area contributed by atoms with Crippen LogP contribution >= 0.6 is 11.3 Å². The van der Waals surface area contributed by atoms with E-state index in [0.29, 0.717) is 36.2 Å². The lowest BCUT2D eigenvalue weighted by Crippen LogP contribution is -2.46. The zero-order chi connectivity index (χ0) is 18.5. The number of rotatable bonds is 5. The summed E-state index contributed by atoms with van der Waals surface area (Å²) in [4.78, 5) is 38.3. The minimum Gasteiger partial charge on any atom is -0.459 e. The van der Waals surface area contributed by atoms with E-state index in [2.05, 4.69) is 5.32 Å². The largest absolute Gasteiger partial charge is 0.459 e. The Bertz CT molecular complexity index is 779. The van der Waals surface area contributed by atoms with Gasteiger partial charge in [-0.3, -0.25) is 9.59 Å². The minimum atomic E-state index is -0.885. The molecular formula is C17H18N2O6S. The lowest BCUT2D eigenvalue weighted by atomic mass is 10.3. The van der Waals surface area contributed by atoms with Gasteiger partial charge in [0, 0.05) is 13.1 Å². The third-order valence-electron chi connectivity index (χ3n) is 3.74. The molecule has 3 rings (SSSR count). The number of ether oxygens (including phenoxy) is 2. The molecule has 8 nitrogen and oxygen atoms in total. The molecule has 1 fully saturated rings. The first-order valence-corrected chi connectivity index (χ1v) is 8.88. The van der Waals surface area contributed by atoms with Crippen LogP contribution in [-0.2, 0) is 14.3 Å². The van der Waals surface area contributed by atoms with Gasteiger partial charge in [0.15, 0.2) is 11.9 Å². The number of esters is 1. The zero-order valence-corrected chi connectivity index (χ0v) is 14.9. The summed E-state index contributed by atoms with van der Waals surface area (Å²) in [5.41, 5.74) is 0. The van der Waals surface area contributed by atoms with E-state index in [1.54, 1.807) is 24.0 Å². The van der Waals surface area contributed by atoms with Crippen molar-refractivity contribution in [2.24, 2.45) is 0 Å². The lowest BCUT2D eigenvalue weighted by molar-refractivity contribution is -0.143. The molecule has 2 aromatic heterocycles. The first-order valence-electron chi connectivity index (χ1n) is 8.07. The minimum absolute atomic E-state index is 0.173. The van der Waals surface area contributed by atoms with Crippen molar-refractivity contribution in [1.82, 2.24) is 4.90 Å². The normalized spacial score (nSPS) is 15.3. The molecule has 0 bridgehead atoms. The molecule has 1 N–H and O–H groups in total. The summed E-state index contributed by atoms with van der Waals surface area (Å²) in [6.07, 6.45) is 0.516. The number of amides is 2. The Labute approximate surface area is 153 Å². The molecule has 1 aliphatic heterocycles. The van der Waals surface area contributed by atoms with E-state index in [1.807, 2.05) is 0 Å². The average Bonchev–Trinajstić information content (AvgIpc) is 3.33. The standard InChI is InChI=1S/C17H18N2O6S/c1-11(16(21)19-6-9-23-10-7-19)25-17(22)13-4-5-14(26-13)18-15(20)12-3-2-8-24-12/h2-5,8,11H,6-7,9-10H2,1H3,(H,18,20). The van der Waals surface area contributed by atoms with Crippen molar-refractivity contribution in [2.45, 2.75) is 13.0 Å². The van der Waals surface area contributed by atoms with Gasteiger partial charge in [-0.25, -0.2) is 4.79 Å². The molecular weight excluding hydrogens is 360 g/mol. The summed E-state index contributed by atoms with van der Waals surface area (Å²) < 4.78 is 15.5. The van der Waals surface area contributed by atoms with Crippen LogP contribution in [0.3, 0.4) is 0 Å². The molecule has 0 aromatic carbocycles. The second-order valence-electron chi connectivity index (χ2n) is 5.58. The number of nitrogens with zero attached hydrogens (tertiary/aromatic N) is 1. The first kappa shape index (κ1) is 18.2. The Kier molecular flexibility index (Phi) is 5.69. The molecule has 2 aromatic rings. The molecule has 1 atom stereocenters. The second-order valence-corrected chi connectivity index (χ2v) is 6.66. The van der Waals surface area contributed by atoms with Gasteiger partial charge in [0.2, 0.25) is 0 Å². The number of carbonyl (C=O) groups is 3. The number of anilines is 1. The monoisotopic (exact) mass is 378 g/mol. The maximum Gasteiger partial charge on any atom is 0.349 e. The molecule has 2 amide bonds. The van der Waals surface area contributed by atoms with Crippen LogP contribution in [0.2, 0.25) is 0 Å². The number of hydrogen-bond acceptors (Lipinski definition) is 7. The van der Waals surface area contributed by atoms with Crippen LogP contribution in [0.4, 0.5) is 5.00 Å². The predicted octanol–water partition coefficient (Wildman–Crippen LogP) is 2.00. The van der Waals surface area contributed by atoms with E-state index >= 15 is 0 Å². The van der Waals surface area contributed by atoms with Crippen molar-refractivity contribution in [1.29, 1.82) is 0 Å². The molecule has 1 saturated heterocycles. The van der Waals surface area contributed by atoms with Gasteiger partial charge in [-0.1, -0.05) is 0 Å². The topological polar surface area (TPSA) is 98.1 Å². The number of carbonyl (C=O) groups excluding carboxylic acids is 3. The molecule has 26 heavy (non-hydrogen) atoms. The van der Waals surface area contributed by atoms with E-state index in [0.717, 1.165) is 11.3 Å². The van der Waals surface area contributed by atoms with Crippen molar-refractivity contribution < 1.29 is 28.3 Å². The van der Waals surface area contributed by atoms with Crippen LogP contribution in [0.5, 0.6) is 0 Å². The molecule has 0 spiro atoms. The maximum atomic E-state index is 12.3. The number of hydrogen-bond donors (Lipinski definition) is 1. The Morgan fingerprint density at radius 3 is 2.69 bits per heavy atom. The van der Waals surface area contributed by atoms with Gasteiger partial charge in [0.25, 0.3) is 11.8 Å². The number of furan rings is 1. The second kappa shape index (κ2) is 8.15. The van der Waals surface area contributed by atoms with E-state index in [4.69, 9.17) is 13.9 Å². The van der Waals surface area contributed by atoms with Crippen LogP contribution in [0.25, 0.3) is 0 Å². The fourth-order valence-electron chi connectivity index (χ4n) is 2.41. The summed E-state index contributed by atoms with van der Waals surface area (Å²) in [6, 6.07) is 6.28. The van der Waals surface area contributed by atoms with Gasteiger partial charge in [0.05, 0.1) is 24.5 Å². The zero-order valence-electron chi connectivity index (χ0n) is 14.1. The van der Waals surface area contributed by atoms with Crippen LogP contribution in [0.1, 0.15) is 27.2 Å². The highest BCUT2D eigenvalue weighted by atomic mass is 32.1. The van der Waals surface area contributed by atoms with Gasteiger partial charge in [-0.05, 0) is 31.2 Å². The molecule has 3 heterocycles. The maximum absolute atomic E-state index is 12.3. The van der Waals surface area contributed by atoms with Gasteiger partial charge < -0.3 is 24.1 Å². The SMILES string of the molecule is CC(OC(=O)c1ccc(NC(=O)c2ccco2)s1)C(=O)N1CCOCC1. The van der Waals surface area contributed by atoms with Crippen LogP contribution in [0.15, 0.2) is 34.9 Å². The fourth-order valence-corrected chi connectivity index (χ4v) is 3.19. The van der Waals surface area contributed by atoms with E-state index < -0.39 is 18.0 Å². The molecule has 9 heteroatoms. The quantitative estimate of drug-likeness (QED) is 0.799. The highest BCUT2D eigenvalue weighted by Gasteiger charge is 2.26. The third kappa shape index (κ3) is 4.30. The Balaban J connectivity index is 1.55. The average molecular weight is 378 g/mol. The van der Waals surface area contributed by atoms with Crippen LogP contribution in [-0.4, -0.2) is 55.1 Å². The van der Waals surface area contributed by atoms with Gasteiger partial charge in [-0.2, -0.15) is 0 Å². The third-order valence-corrected chi connectivity index (χ3v) is 4.72. The van der Waals surface area contributed by atoms with Crippen molar-refractivity contribution in [3.05, 3.63) is 41.2 Å². The Morgan fingerprint density at radius 2 is 2.00 bits per heavy atom. The van der Waals surface area contributed by atoms with Gasteiger partial charge in [0.1, 0.15) is 4.88 Å².